The van der Waals surface area contributed by atoms with E-state index in [0.717, 1.165) is 6.07 Å². The van der Waals surface area contributed by atoms with E-state index in [9.17, 15) is 24.6 Å². The second-order valence-corrected chi connectivity index (χ2v) is 5.59. The molecule has 0 aliphatic heterocycles. The molecule has 0 saturated carbocycles. The number of carbonyl (C=O) groups excluding carboxylic acids is 1. The summed E-state index contributed by atoms with van der Waals surface area (Å²) in [5.74, 6) is -0.888. The van der Waals surface area contributed by atoms with Crippen molar-refractivity contribution in [2.75, 3.05) is 20.1 Å². The summed E-state index contributed by atoms with van der Waals surface area (Å²) in [6, 6.07) is 3.47. The third-order valence-corrected chi connectivity index (χ3v) is 3.93. The third-order valence-electron chi connectivity index (χ3n) is 3.93. The van der Waals surface area contributed by atoms with Gasteiger partial charge in [-0.25, -0.2) is 4.98 Å². The van der Waals surface area contributed by atoms with Crippen LogP contribution in [-0.4, -0.2) is 46.2 Å². The number of aromatic hydroxyl groups is 1. The van der Waals surface area contributed by atoms with E-state index < -0.39 is 22.5 Å². The molecule has 0 fully saturated rings. The highest BCUT2D eigenvalue weighted by molar-refractivity contribution is 6.06. The van der Waals surface area contributed by atoms with Crippen molar-refractivity contribution < 1.29 is 15.0 Å². The molecule has 26 heavy (non-hydrogen) atoms. The van der Waals surface area contributed by atoms with Crippen molar-refractivity contribution in [3.63, 3.8) is 0 Å². The summed E-state index contributed by atoms with van der Waals surface area (Å²) in [5.41, 5.74) is -0.960. The summed E-state index contributed by atoms with van der Waals surface area (Å²) in [6.45, 7) is 0.940. The fourth-order valence-electron chi connectivity index (χ4n) is 2.64. The van der Waals surface area contributed by atoms with Crippen LogP contribution in [0.15, 0.2) is 27.8 Å². The Hall–Kier alpha value is -3.46. The van der Waals surface area contributed by atoms with Gasteiger partial charge in [-0.05, 0) is 19.2 Å². The maximum atomic E-state index is 12.4. The molecule has 1 heterocycles. The van der Waals surface area contributed by atoms with Gasteiger partial charge in [0.15, 0.2) is 0 Å². The quantitative estimate of drug-likeness (QED) is 0.301. The summed E-state index contributed by atoms with van der Waals surface area (Å²) >= 11 is 0. The Bertz CT molecular complexity index is 1190. The van der Waals surface area contributed by atoms with Gasteiger partial charge in [-0.2, -0.15) is 0 Å². The molecule has 0 aliphatic rings. The number of phenolic OH excluding ortho intramolecular Hbond substituents is 1. The molecule has 0 spiro atoms. The van der Waals surface area contributed by atoms with Crippen molar-refractivity contribution in [2.45, 2.75) is 0 Å². The fraction of sp³-hybridized carbons (Fsp3) is 0.176. The molecule has 1 amide bonds. The molecule has 5 N–H and O–H groups in total. The van der Waals surface area contributed by atoms with Crippen LogP contribution in [0.4, 0.5) is 0 Å². The largest absolute Gasteiger partial charge is 0.515 e. The van der Waals surface area contributed by atoms with Crippen molar-refractivity contribution in [3.05, 3.63) is 49.4 Å². The average molecular weight is 356 g/mol. The number of hydrogen-bond donors (Lipinski definition) is 5. The van der Waals surface area contributed by atoms with E-state index in [0.29, 0.717) is 19.4 Å². The van der Waals surface area contributed by atoms with E-state index >= 15 is 0 Å². The van der Waals surface area contributed by atoms with Gasteiger partial charge in [0, 0.05) is 19.2 Å². The lowest BCUT2D eigenvalue weighted by atomic mass is 10.1. The van der Waals surface area contributed by atoms with Crippen molar-refractivity contribution in [3.8, 4) is 5.75 Å². The first-order chi connectivity index (χ1) is 12.5. The first-order valence-electron chi connectivity index (χ1n) is 7.78. The van der Waals surface area contributed by atoms with E-state index in [1.807, 2.05) is 0 Å². The number of aromatic amines is 1. The number of rotatable bonds is 4. The van der Waals surface area contributed by atoms with Gasteiger partial charge >= 0.3 is 0 Å². The molecule has 3 aromatic rings. The van der Waals surface area contributed by atoms with Crippen LogP contribution in [0.1, 0.15) is 10.4 Å². The lowest BCUT2D eigenvalue weighted by Crippen LogP contribution is -2.31. The average Bonchev–Trinajstić information content (AvgIpc) is 2.61. The van der Waals surface area contributed by atoms with Gasteiger partial charge in [0.05, 0.1) is 22.6 Å². The van der Waals surface area contributed by atoms with Gasteiger partial charge in [0.1, 0.15) is 22.3 Å². The molecule has 9 nitrogen and oxygen atoms in total. The molecule has 0 aliphatic carbocycles. The molecular formula is C17H16N4O5. The highest BCUT2D eigenvalue weighted by Gasteiger charge is 2.16. The minimum Gasteiger partial charge on any atom is -0.515 e. The molecule has 0 unspecified atom stereocenters. The molecule has 9 heteroatoms. The standard InChI is InChI=1S/C17H16N4O5/c1-18-4-5-19-17(26)8-2-3-10(23)15-13(8)20-16-12(25)6-11(24)9(7-22)14(16)21-15/h2-3,6-7,18,20,22,24H,4-5H2,1H3,(H,19,26). The Kier molecular flexibility index (Phi) is 4.55. The topological polar surface area (TPSA) is 144 Å². The maximum Gasteiger partial charge on any atom is 0.253 e. The lowest BCUT2D eigenvalue weighted by Gasteiger charge is -2.09. The van der Waals surface area contributed by atoms with E-state index in [4.69, 9.17) is 0 Å². The first-order valence-corrected chi connectivity index (χ1v) is 7.78. The van der Waals surface area contributed by atoms with Gasteiger partial charge in [-0.1, -0.05) is 0 Å². The van der Waals surface area contributed by atoms with Gasteiger partial charge in [-0.15, -0.1) is 0 Å². The van der Waals surface area contributed by atoms with Crippen LogP contribution in [0.5, 0.6) is 5.75 Å². The van der Waals surface area contributed by atoms with Crippen LogP contribution in [-0.2, 0) is 0 Å². The molecule has 2 aromatic carbocycles. The number of carbonyl (C=O) groups is 1. The van der Waals surface area contributed by atoms with E-state index in [1.54, 1.807) is 7.05 Å². The molecule has 0 radical (unpaired) electrons. The van der Waals surface area contributed by atoms with E-state index in [-0.39, 0.29) is 32.8 Å². The third kappa shape index (κ3) is 2.84. The number of fused-ring (bicyclic) bond motifs is 2. The molecule has 3 rings (SSSR count). The Morgan fingerprint density at radius 2 is 1.96 bits per heavy atom. The normalized spacial score (nSPS) is 12.0. The fourth-order valence-corrected chi connectivity index (χ4v) is 2.64. The van der Waals surface area contributed by atoms with Crippen molar-refractivity contribution in [1.82, 2.24) is 20.6 Å². The van der Waals surface area contributed by atoms with Crippen LogP contribution in [0.3, 0.4) is 0 Å². The number of hydrogen-bond acceptors (Lipinski definition) is 7. The minimum absolute atomic E-state index is 0.0366. The van der Waals surface area contributed by atoms with Crippen LogP contribution in [0.25, 0.3) is 28.3 Å². The first kappa shape index (κ1) is 17.4. The Balaban J connectivity index is 2.33. The molecule has 0 atom stereocenters. The number of likely N-dealkylation sites (N-methyl/N-ethyl adjacent to an activating group) is 1. The lowest BCUT2D eigenvalue weighted by molar-refractivity contribution is 0.0955. The number of phenols is 1. The van der Waals surface area contributed by atoms with Crippen LogP contribution >= 0.6 is 0 Å². The zero-order valence-electron chi connectivity index (χ0n) is 13.8. The van der Waals surface area contributed by atoms with E-state index in [1.165, 1.54) is 12.1 Å². The summed E-state index contributed by atoms with van der Waals surface area (Å²) < 4.78 is 0. The Morgan fingerprint density at radius 1 is 1.19 bits per heavy atom. The number of H-pyrrole nitrogens is 1. The summed E-state index contributed by atoms with van der Waals surface area (Å²) in [5, 5.41) is 24.6. The number of nitrogens with one attached hydrogen (secondary N) is 3. The number of aliphatic hydroxyl groups is 1. The molecule has 1 aromatic heterocycles. The smallest absolute Gasteiger partial charge is 0.253 e. The molecule has 0 saturated heterocycles. The number of amides is 1. The number of aromatic nitrogens is 2. The second kappa shape index (κ2) is 6.81. The maximum absolute atomic E-state index is 12.4. The monoisotopic (exact) mass is 356 g/mol. The van der Waals surface area contributed by atoms with Crippen LogP contribution in [0.2, 0.25) is 0 Å². The minimum atomic E-state index is -0.588. The highest BCUT2D eigenvalue weighted by Crippen LogP contribution is 2.15. The summed E-state index contributed by atoms with van der Waals surface area (Å²) in [7, 11) is 1.75. The van der Waals surface area contributed by atoms with Gasteiger partial charge in [-0.3, -0.25) is 14.4 Å². The molecule has 0 bridgehead atoms. The van der Waals surface area contributed by atoms with Gasteiger partial charge < -0.3 is 25.8 Å². The summed E-state index contributed by atoms with van der Waals surface area (Å²) in [4.78, 5) is 43.6. The van der Waals surface area contributed by atoms with Crippen molar-refractivity contribution in [2.24, 2.45) is 0 Å². The predicted molar refractivity (Wildman–Crippen MR) is 96.4 cm³/mol. The zero-order valence-corrected chi connectivity index (χ0v) is 13.8. The number of benzene rings is 2. The van der Waals surface area contributed by atoms with Crippen LogP contribution in [0, 0.1) is 0 Å². The van der Waals surface area contributed by atoms with Gasteiger partial charge in [0.2, 0.25) is 10.9 Å². The van der Waals surface area contributed by atoms with Crippen molar-refractivity contribution in [1.29, 1.82) is 0 Å². The Labute approximate surface area is 146 Å². The second-order valence-electron chi connectivity index (χ2n) is 5.59. The van der Waals surface area contributed by atoms with Gasteiger partial charge in [0.25, 0.3) is 5.91 Å². The SMILES string of the molecule is CNCCNC(=O)c1ccc(=O)c2nc3c(=CO)c(O)cc(=O)c3[nH]c12. The molecule has 134 valence electrons. The highest BCUT2D eigenvalue weighted by atomic mass is 16.3. The zero-order chi connectivity index (χ0) is 18.8. The van der Waals surface area contributed by atoms with E-state index in [2.05, 4.69) is 20.6 Å². The Morgan fingerprint density at radius 3 is 2.65 bits per heavy atom. The molecular weight excluding hydrogens is 340 g/mol. The number of aliphatic hydroxyl groups excluding tert-OH is 1. The summed E-state index contributed by atoms with van der Waals surface area (Å²) in [6.07, 6.45) is 0.600. The van der Waals surface area contributed by atoms with Crippen molar-refractivity contribution >= 4 is 34.2 Å². The van der Waals surface area contributed by atoms with Crippen LogP contribution < -0.4 is 26.7 Å². The number of nitrogens with zero attached hydrogens (tertiary/aromatic N) is 1. The predicted octanol–water partition coefficient (Wildman–Crippen LogP) is -0.894.